The first-order chi connectivity index (χ1) is 11.2. The third-order valence-corrected chi connectivity index (χ3v) is 5.49. The predicted octanol–water partition coefficient (Wildman–Crippen LogP) is 5.80. The van der Waals surface area contributed by atoms with E-state index in [9.17, 15) is 4.57 Å². The molecule has 4 heteroatoms. The molecule has 2 aromatic rings. The van der Waals surface area contributed by atoms with Crippen molar-refractivity contribution in [3.63, 3.8) is 0 Å². The smallest absolute Gasteiger partial charge is 0.304 e. The van der Waals surface area contributed by atoms with Crippen molar-refractivity contribution in [1.82, 2.24) is 0 Å². The molecular weight excluding hydrogens is 307 g/mol. The summed E-state index contributed by atoms with van der Waals surface area (Å²) in [5.41, 5.74) is 2.01. The number of unbranched alkanes of at least 4 members (excludes halogenated alkanes) is 2. The molecule has 23 heavy (non-hydrogen) atoms. The highest BCUT2D eigenvalue weighted by molar-refractivity contribution is 7.53. The van der Waals surface area contributed by atoms with Gasteiger partial charge in [-0.2, -0.15) is 0 Å². The molecule has 0 unspecified atom stereocenters. The molecule has 2 rings (SSSR count). The lowest BCUT2D eigenvalue weighted by Crippen LogP contribution is -2.01. The largest absolute Gasteiger partial charge is 0.331 e. The van der Waals surface area contributed by atoms with E-state index in [1.165, 1.54) is 0 Å². The highest BCUT2D eigenvalue weighted by atomic mass is 31.2. The fourth-order valence-corrected chi connectivity index (χ4v) is 3.85. The topological polar surface area (TPSA) is 35.5 Å². The lowest BCUT2D eigenvalue weighted by molar-refractivity contribution is 0.190. The number of hydrogen-bond donors (Lipinski definition) is 0. The first-order valence-corrected chi connectivity index (χ1v) is 9.90. The van der Waals surface area contributed by atoms with Crippen molar-refractivity contribution in [2.24, 2.45) is 0 Å². The maximum Gasteiger partial charge on any atom is 0.331 e. The molecule has 0 atom stereocenters. The first kappa shape index (κ1) is 17.9. The summed E-state index contributed by atoms with van der Waals surface area (Å²) in [7, 11) is -3.08. The van der Waals surface area contributed by atoms with Gasteiger partial charge in [-0.3, -0.25) is 4.57 Å². The van der Waals surface area contributed by atoms with E-state index in [1.54, 1.807) is 0 Å². The molecule has 0 amide bonds. The van der Waals surface area contributed by atoms with Gasteiger partial charge in [0.2, 0.25) is 0 Å². The van der Waals surface area contributed by atoms with Gasteiger partial charge in [-0.15, -0.1) is 0 Å². The monoisotopic (exact) mass is 332 g/mol. The average Bonchev–Trinajstić information content (AvgIpc) is 2.61. The highest BCUT2D eigenvalue weighted by Crippen LogP contribution is 2.50. The Labute approximate surface area is 139 Å². The van der Waals surface area contributed by atoms with Crippen LogP contribution in [-0.2, 0) is 26.8 Å². The molecule has 2 aromatic carbocycles. The van der Waals surface area contributed by atoms with Crippen molar-refractivity contribution in [3.8, 4) is 0 Å². The minimum atomic E-state index is -3.08. The van der Waals surface area contributed by atoms with Gasteiger partial charge in [-0.25, -0.2) is 0 Å². The van der Waals surface area contributed by atoms with Crippen LogP contribution in [-0.4, -0.2) is 6.16 Å². The van der Waals surface area contributed by atoms with Crippen LogP contribution >= 0.6 is 7.60 Å². The maximum atomic E-state index is 13.0. The van der Waals surface area contributed by atoms with E-state index in [4.69, 9.17) is 9.05 Å². The van der Waals surface area contributed by atoms with Gasteiger partial charge in [0, 0.05) is 0 Å². The van der Waals surface area contributed by atoms with Gasteiger partial charge in [0.05, 0.1) is 19.4 Å². The second-order valence-corrected chi connectivity index (χ2v) is 7.75. The normalized spacial score (nSPS) is 11.5. The molecule has 3 nitrogen and oxygen atoms in total. The molecule has 0 aromatic heterocycles. The van der Waals surface area contributed by atoms with Crippen LogP contribution in [0, 0.1) is 0 Å². The molecule has 124 valence electrons. The van der Waals surface area contributed by atoms with Crippen LogP contribution in [0.5, 0.6) is 0 Å². The molecule has 0 aliphatic rings. The Balaban J connectivity index is 1.94. The Hall–Kier alpha value is -1.41. The molecule has 0 heterocycles. The Kier molecular flexibility index (Phi) is 7.54. The van der Waals surface area contributed by atoms with E-state index in [0.29, 0.717) is 19.4 Å². The summed E-state index contributed by atoms with van der Waals surface area (Å²) in [4.78, 5) is 0. The quantitative estimate of drug-likeness (QED) is 0.407. The van der Waals surface area contributed by atoms with E-state index in [1.807, 2.05) is 60.7 Å². The third-order valence-electron chi connectivity index (χ3n) is 3.58. The molecule has 0 fully saturated rings. The third kappa shape index (κ3) is 6.70. The fraction of sp³-hybridized carbons (Fsp3) is 0.368. The van der Waals surface area contributed by atoms with E-state index in [2.05, 4.69) is 6.92 Å². The van der Waals surface area contributed by atoms with Crippen LogP contribution in [0.3, 0.4) is 0 Å². The van der Waals surface area contributed by atoms with Gasteiger partial charge in [0.25, 0.3) is 0 Å². The zero-order valence-electron chi connectivity index (χ0n) is 13.7. The molecule has 0 radical (unpaired) electrons. The lowest BCUT2D eigenvalue weighted by Gasteiger charge is -2.19. The van der Waals surface area contributed by atoms with Crippen LogP contribution in [0.15, 0.2) is 60.7 Å². The zero-order valence-corrected chi connectivity index (χ0v) is 14.6. The van der Waals surface area contributed by atoms with Gasteiger partial charge >= 0.3 is 7.60 Å². The molecule has 0 N–H and O–H groups in total. The van der Waals surface area contributed by atoms with Gasteiger partial charge in [0.15, 0.2) is 0 Å². The summed E-state index contributed by atoms with van der Waals surface area (Å²) in [6.45, 7) is 2.76. The van der Waals surface area contributed by atoms with Crippen molar-refractivity contribution in [2.45, 2.75) is 39.4 Å². The second kappa shape index (κ2) is 9.67. The van der Waals surface area contributed by atoms with Gasteiger partial charge in [-0.1, -0.05) is 80.4 Å². The van der Waals surface area contributed by atoms with Crippen LogP contribution in [0.1, 0.15) is 37.3 Å². The van der Waals surface area contributed by atoms with Crippen LogP contribution < -0.4 is 0 Å². The van der Waals surface area contributed by atoms with Gasteiger partial charge in [-0.05, 0) is 17.5 Å². The Morgan fingerprint density at radius 1 is 0.783 bits per heavy atom. The molecular formula is C19H25O3P. The zero-order chi connectivity index (χ0) is 16.4. The maximum absolute atomic E-state index is 13.0. The van der Waals surface area contributed by atoms with Crippen molar-refractivity contribution in [2.75, 3.05) is 6.16 Å². The van der Waals surface area contributed by atoms with Crippen LogP contribution in [0.4, 0.5) is 0 Å². The lowest BCUT2D eigenvalue weighted by atomic mass is 10.2. The summed E-state index contributed by atoms with van der Waals surface area (Å²) in [6, 6.07) is 19.6. The first-order valence-electron chi connectivity index (χ1n) is 8.18. The van der Waals surface area contributed by atoms with Crippen molar-refractivity contribution < 1.29 is 13.6 Å². The minimum Gasteiger partial charge on any atom is -0.304 e. The summed E-state index contributed by atoms with van der Waals surface area (Å²) < 4.78 is 24.4. The number of rotatable bonds is 10. The molecule has 0 aliphatic heterocycles. The Morgan fingerprint density at radius 2 is 1.26 bits per heavy atom. The number of benzene rings is 2. The van der Waals surface area contributed by atoms with Gasteiger partial charge in [0.1, 0.15) is 0 Å². The van der Waals surface area contributed by atoms with E-state index in [-0.39, 0.29) is 0 Å². The molecule has 0 bridgehead atoms. The molecule has 0 saturated heterocycles. The summed E-state index contributed by atoms with van der Waals surface area (Å²) in [5, 5.41) is 0. The van der Waals surface area contributed by atoms with Crippen LogP contribution in [0.25, 0.3) is 0 Å². The summed E-state index contributed by atoms with van der Waals surface area (Å²) in [6.07, 6.45) is 3.45. The van der Waals surface area contributed by atoms with Crippen LogP contribution in [0.2, 0.25) is 0 Å². The second-order valence-electron chi connectivity index (χ2n) is 5.56. The Morgan fingerprint density at radius 3 is 1.70 bits per heavy atom. The predicted molar refractivity (Wildman–Crippen MR) is 94.5 cm³/mol. The van der Waals surface area contributed by atoms with E-state index in [0.717, 1.165) is 30.4 Å². The van der Waals surface area contributed by atoms with Crippen molar-refractivity contribution in [3.05, 3.63) is 71.8 Å². The minimum absolute atomic E-state index is 0.318. The fourth-order valence-electron chi connectivity index (χ4n) is 2.22. The molecule has 0 spiro atoms. The van der Waals surface area contributed by atoms with Gasteiger partial charge < -0.3 is 9.05 Å². The van der Waals surface area contributed by atoms with Crippen molar-refractivity contribution in [1.29, 1.82) is 0 Å². The molecule has 0 aliphatic carbocycles. The molecule has 0 saturated carbocycles. The summed E-state index contributed by atoms with van der Waals surface area (Å²) >= 11 is 0. The average molecular weight is 332 g/mol. The van der Waals surface area contributed by atoms with Crippen molar-refractivity contribution >= 4 is 7.60 Å². The SMILES string of the molecule is CCCCCP(=O)(OCc1ccccc1)OCc1ccccc1. The standard InChI is InChI=1S/C19H25O3P/c1-2-3-10-15-23(20,21-16-18-11-6-4-7-12-18)22-17-19-13-8-5-9-14-19/h4-9,11-14H,2-3,10,15-17H2,1H3. The number of hydrogen-bond acceptors (Lipinski definition) is 3. The highest BCUT2D eigenvalue weighted by Gasteiger charge is 2.24. The van der Waals surface area contributed by atoms with E-state index >= 15 is 0 Å². The summed E-state index contributed by atoms with van der Waals surface area (Å²) in [5.74, 6) is 0. The Bertz CT molecular complexity index is 551. The van der Waals surface area contributed by atoms with E-state index < -0.39 is 7.60 Å².